The Morgan fingerprint density at radius 3 is 2.49 bits per heavy atom. The van der Waals surface area contributed by atoms with E-state index in [1.165, 1.54) is 36.1 Å². The lowest BCUT2D eigenvalue weighted by atomic mass is 10.1. The first-order valence-electron chi connectivity index (χ1n) is 10.8. The zero-order valence-electron chi connectivity index (χ0n) is 19.6. The van der Waals surface area contributed by atoms with Crippen LogP contribution in [-0.4, -0.2) is 63.7 Å². The Balaban J connectivity index is 1.57. The van der Waals surface area contributed by atoms with Crippen LogP contribution < -0.4 is 4.72 Å². The van der Waals surface area contributed by atoms with E-state index in [-0.39, 0.29) is 18.0 Å². The van der Waals surface area contributed by atoms with Crippen LogP contribution in [0.15, 0.2) is 64.5 Å². The number of likely N-dealkylation sites (N-methyl/N-ethyl adjacent to an activating group) is 2. The Labute approximate surface area is 203 Å². The molecule has 0 spiro atoms. The maximum Gasteiger partial charge on any atom is 0.417 e. The number of amides is 1. The van der Waals surface area contributed by atoms with E-state index < -0.39 is 26.7 Å². The zero-order chi connectivity index (χ0) is 25.8. The van der Waals surface area contributed by atoms with Crippen molar-refractivity contribution in [1.82, 2.24) is 14.5 Å². The number of rotatable bonds is 8. The molecule has 1 aliphatic rings. The molecule has 0 unspecified atom stereocenters. The normalized spacial score (nSPS) is 14.5. The van der Waals surface area contributed by atoms with Crippen molar-refractivity contribution >= 4 is 21.8 Å². The SMILES string of the molecule is Cc1cccc(S(=O)(=O)NCC=CC(=O)N(C)Cc2ccc(C3=NCCN3C)cc2)c1C(F)(F)F. The number of alkyl halides is 3. The topological polar surface area (TPSA) is 82.1 Å². The fourth-order valence-electron chi connectivity index (χ4n) is 3.71. The van der Waals surface area contributed by atoms with Crippen LogP contribution in [-0.2, 0) is 27.5 Å². The number of carbonyl (C=O) groups is 1. The number of carbonyl (C=O) groups excluding carboxylic acids is 1. The van der Waals surface area contributed by atoms with Crippen molar-refractivity contribution < 1.29 is 26.4 Å². The smallest absolute Gasteiger partial charge is 0.358 e. The van der Waals surface area contributed by atoms with Gasteiger partial charge in [0, 0.05) is 45.4 Å². The molecular formula is C24H27F3N4O3S. The second kappa shape index (κ2) is 10.6. The molecule has 0 aliphatic carbocycles. The van der Waals surface area contributed by atoms with Crippen LogP contribution in [0.25, 0.3) is 0 Å². The second-order valence-corrected chi connectivity index (χ2v) is 9.95. The van der Waals surface area contributed by atoms with E-state index in [1.54, 1.807) is 7.05 Å². The number of benzene rings is 2. The zero-order valence-corrected chi connectivity index (χ0v) is 20.4. The highest BCUT2D eigenvalue weighted by Crippen LogP contribution is 2.36. The number of aryl methyl sites for hydroxylation is 1. The number of nitrogens with one attached hydrogen (secondary N) is 1. The van der Waals surface area contributed by atoms with Crippen LogP contribution in [0, 0.1) is 6.92 Å². The molecule has 1 amide bonds. The highest BCUT2D eigenvalue weighted by atomic mass is 32.2. The lowest BCUT2D eigenvalue weighted by molar-refractivity contribution is -0.140. The summed E-state index contributed by atoms with van der Waals surface area (Å²) in [5, 5.41) is 0. The summed E-state index contributed by atoms with van der Waals surface area (Å²) in [6.07, 6.45) is -2.38. The summed E-state index contributed by atoms with van der Waals surface area (Å²) in [6.45, 7) is 2.84. The van der Waals surface area contributed by atoms with Crippen molar-refractivity contribution in [3.63, 3.8) is 0 Å². The van der Waals surface area contributed by atoms with Crippen molar-refractivity contribution in [1.29, 1.82) is 0 Å². The van der Waals surface area contributed by atoms with E-state index in [0.29, 0.717) is 6.54 Å². The van der Waals surface area contributed by atoms with Crippen LogP contribution >= 0.6 is 0 Å². The Hall–Kier alpha value is -3.18. The highest BCUT2D eigenvalue weighted by Gasteiger charge is 2.38. The summed E-state index contributed by atoms with van der Waals surface area (Å²) in [7, 11) is -0.858. The Kier molecular flexibility index (Phi) is 8.01. The largest absolute Gasteiger partial charge is 0.417 e. The van der Waals surface area contributed by atoms with Crippen molar-refractivity contribution in [2.45, 2.75) is 24.5 Å². The number of sulfonamides is 1. The van der Waals surface area contributed by atoms with Gasteiger partial charge in [-0.2, -0.15) is 13.2 Å². The molecule has 0 radical (unpaired) electrons. The summed E-state index contributed by atoms with van der Waals surface area (Å²) in [6, 6.07) is 11.1. The molecule has 11 heteroatoms. The summed E-state index contributed by atoms with van der Waals surface area (Å²) in [4.78, 5) is 19.5. The Morgan fingerprint density at radius 2 is 1.89 bits per heavy atom. The molecule has 3 rings (SSSR count). The fourth-order valence-corrected chi connectivity index (χ4v) is 4.98. The molecule has 1 aliphatic heterocycles. The van der Waals surface area contributed by atoms with Crippen molar-refractivity contribution in [2.75, 3.05) is 33.7 Å². The van der Waals surface area contributed by atoms with Crippen LogP contribution in [0.3, 0.4) is 0 Å². The van der Waals surface area contributed by atoms with Gasteiger partial charge in [-0.25, -0.2) is 13.1 Å². The maximum atomic E-state index is 13.4. The first-order chi connectivity index (χ1) is 16.4. The average Bonchev–Trinajstić information content (AvgIpc) is 3.22. The van der Waals surface area contributed by atoms with Crippen LogP contribution in [0.1, 0.15) is 22.3 Å². The van der Waals surface area contributed by atoms with Gasteiger partial charge in [0.15, 0.2) is 0 Å². The van der Waals surface area contributed by atoms with Crippen molar-refractivity contribution in [3.05, 3.63) is 76.9 Å². The predicted molar refractivity (Wildman–Crippen MR) is 127 cm³/mol. The van der Waals surface area contributed by atoms with Crippen molar-refractivity contribution in [2.24, 2.45) is 4.99 Å². The second-order valence-electron chi connectivity index (χ2n) is 8.22. The molecule has 188 valence electrons. The van der Waals surface area contributed by atoms with E-state index >= 15 is 0 Å². The lowest BCUT2D eigenvalue weighted by Crippen LogP contribution is -2.28. The number of hydrogen-bond acceptors (Lipinski definition) is 5. The van der Waals surface area contributed by atoms with Gasteiger partial charge in [0.05, 0.1) is 17.0 Å². The summed E-state index contributed by atoms with van der Waals surface area (Å²) < 4.78 is 67.1. The molecule has 0 atom stereocenters. The van der Waals surface area contributed by atoms with E-state index in [1.807, 2.05) is 31.3 Å². The van der Waals surface area contributed by atoms with Gasteiger partial charge in [-0.15, -0.1) is 0 Å². The molecule has 2 aromatic carbocycles. The molecule has 0 bridgehead atoms. The molecule has 0 aromatic heterocycles. The average molecular weight is 509 g/mol. The fraction of sp³-hybridized carbons (Fsp3) is 0.333. The van der Waals surface area contributed by atoms with Gasteiger partial charge >= 0.3 is 6.18 Å². The molecule has 1 N–H and O–H groups in total. The van der Waals surface area contributed by atoms with E-state index in [4.69, 9.17) is 0 Å². The lowest BCUT2D eigenvalue weighted by Gasteiger charge is -2.17. The minimum absolute atomic E-state index is 0.191. The molecule has 1 heterocycles. The first-order valence-corrected chi connectivity index (χ1v) is 12.3. The van der Waals surface area contributed by atoms with Crippen LogP contribution in [0.4, 0.5) is 13.2 Å². The van der Waals surface area contributed by atoms with Crippen molar-refractivity contribution in [3.8, 4) is 0 Å². The minimum atomic E-state index is -4.82. The number of halogens is 3. The Morgan fingerprint density at radius 1 is 1.20 bits per heavy atom. The monoisotopic (exact) mass is 508 g/mol. The van der Waals surface area contributed by atoms with Gasteiger partial charge in [-0.3, -0.25) is 9.79 Å². The third-order valence-electron chi connectivity index (χ3n) is 5.53. The van der Waals surface area contributed by atoms with E-state index in [2.05, 4.69) is 14.6 Å². The standard InChI is InChI=1S/C24H27F3N4O3S/c1-17-6-4-7-20(22(17)24(25,26)27)35(33,34)29-13-5-8-21(32)31(3)16-18-9-11-19(12-10-18)23-28-14-15-30(23)2/h4-12,29H,13-16H2,1-3H3. The summed E-state index contributed by atoms with van der Waals surface area (Å²) >= 11 is 0. The maximum absolute atomic E-state index is 13.4. The third kappa shape index (κ3) is 6.49. The first kappa shape index (κ1) is 26.4. The number of hydrogen-bond donors (Lipinski definition) is 1. The highest BCUT2D eigenvalue weighted by molar-refractivity contribution is 7.89. The van der Waals surface area contributed by atoms with Crippen LogP contribution in [0.2, 0.25) is 0 Å². The third-order valence-corrected chi connectivity index (χ3v) is 6.99. The number of aliphatic imine (C=N–C) groups is 1. The van der Waals surface area contributed by atoms with Gasteiger partial charge in [0.2, 0.25) is 15.9 Å². The Bertz CT molecular complexity index is 1240. The van der Waals surface area contributed by atoms with Gasteiger partial charge in [0.25, 0.3) is 0 Å². The van der Waals surface area contributed by atoms with Gasteiger partial charge in [-0.1, -0.05) is 42.5 Å². The molecule has 0 fully saturated rings. The van der Waals surface area contributed by atoms with E-state index in [9.17, 15) is 26.4 Å². The predicted octanol–water partition coefficient (Wildman–Crippen LogP) is 3.20. The minimum Gasteiger partial charge on any atom is -0.358 e. The molecule has 0 saturated heterocycles. The van der Waals surface area contributed by atoms with E-state index in [0.717, 1.165) is 36.1 Å². The van der Waals surface area contributed by atoms with Gasteiger partial charge < -0.3 is 9.80 Å². The number of amidine groups is 1. The number of nitrogens with zero attached hydrogens (tertiary/aromatic N) is 3. The molecule has 35 heavy (non-hydrogen) atoms. The quantitative estimate of drug-likeness (QED) is 0.556. The summed E-state index contributed by atoms with van der Waals surface area (Å²) in [5.41, 5.74) is 0.505. The molecule has 0 saturated carbocycles. The molecule has 7 nitrogen and oxygen atoms in total. The molecular weight excluding hydrogens is 481 g/mol. The summed E-state index contributed by atoms with van der Waals surface area (Å²) in [5.74, 6) is 0.555. The van der Waals surface area contributed by atoms with Crippen LogP contribution in [0.5, 0.6) is 0 Å². The van der Waals surface area contributed by atoms with Gasteiger partial charge in [-0.05, 0) is 24.1 Å². The van der Waals surface area contributed by atoms with Gasteiger partial charge in [0.1, 0.15) is 5.84 Å². The molecule has 2 aromatic rings.